The second-order valence-corrected chi connectivity index (χ2v) is 11.8. The molecule has 0 aliphatic rings. The number of rotatable bonds is 3. The maximum Gasteiger partial charge on any atom is 0.0562 e. The summed E-state index contributed by atoms with van der Waals surface area (Å²) in [5.41, 5.74) is 10.8. The summed E-state index contributed by atoms with van der Waals surface area (Å²) in [5.74, 6) is 0. The van der Waals surface area contributed by atoms with E-state index in [0.29, 0.717) is 0 Å². The molecule has 3 aromatic heterocycles. The molecule has 0 saturated carbocycles. The average molecular weight is 574 g/mol. The summed E-state index contributed by atoms with van der Waals surface area (Å²) < 4.78 is 7.29. The van der Waals surface area contributed by atoms with Crippen LogP contribution in [0, 0.1) is 0 Å². The lowest BCUT2D eigenvalue weighted by molar-refractivity contribution is 1.17. The maximum absolute atomic E-state index is 2.49. The zero-order valence-electron chi connectivity index (χ0n) is 24.4. The molecular weight excluding hydrogens is 546 g/mol. The average Bonchev–Trinajstić information content (AvgIpc) is 3.75. The minimum atomic E-state index is 1.17. The van der Waals surface area contributed by atoms with Gasteiger partial charge in [-0.25, -0.2) is 0 Å². The number of benzene rings is 7. The second kappa shape index (κ2) is 9.22. The van der Waals surface area contributed by atoms with Gasteiger partial charge in [-0.15, -0.1) is 0 Å². The Hall–Kier alpha value is -6.06. The smallest absolute Gasteiger partial charge is 0.0562 e. The Labute approximate surface area is 259 Å². The Morgan fingerprint density at radius 1 is 0.244 bits per heavy atom. The molecular formula is C42H27N3. The standard InChI is InChI=1S/C42H27N3/c1-3-14-28(15-4-1)43-33-21-10-7-18-30(33)40-36(43)24-13-25-37(40)45-35-23-12-9-20-32(35)42-39(45)27-26-38-41(42)31-19-8-11-22-34(31)44(38)29-16-5-2-6-17-29/h1-27H. The van der Waals surface area contributed by atoms with Crippen molar-refractivity contribution in [2.24, 2.45) is 0 Å². The van der Waals surface area contributed by atoms with Gasteiger partial charge in [-0.05, 0) is 66.7 Å². The molecule has 3 nitrogen and oxygen atoms in total. The Balaban J connectivity index is 1.39. The van der Waals surface area contributed by atoms with Gasteiger partial charge >= 0.3 is 0 Å². The molecule has 0 atom stereocenters. The summed E-state index contributed by atoms with van der Waals surface area (Å²) in [4.78, 5) is 0. The van der Waals surface area contributed by atoms with Gasteiger partial charge in [0.1, 0.15) is 0 Å². The van der Waals surface area contributed by atoms with E-state index in [-0.39, 0.29) is 0 Å². The Morgan fingerprint density at radius 3 is 1.16 bits per heavy atom. The summed E-state index contributed by atoms with van der Waals surface area (Å²) >= 11 is 0. The first-order valence-electron chi connectivity index (χ1n) is 15.5. The first kappa shape index (κ1) is 24.4. The molecule has 210 valence electrons. The van der Waals surface area contributed by atoms with Crippen molar-refractivity contribution in [3.05, 3.63) is 164 Å². The fourth-order valence-electron chi connectivity index (χ4n) is 7.67. The monoisotopic (exact) mass is 573 g/mol. The van der Waals surface area contributed by atoms with Gasteiger partial charge in [0, 0.05) is 43.7 Å². The second-order valence-electron chi connectivity index (χ2n) is 11.8. The highest BCUT2D eigenvalue weighted by Gasteiger charge is 2.22. The van der Waals surface area contributed by atoms with Crippen LogP contribution in [0.3, 0.4) is 0 Å². The van der Waals surface area contributed by atoms with Crippen LogP contribution in [-0.4, -0.2) is 13.7 Å². The molecule has 10 rings (SSSR count). The van der Waals surface area contributed by atoms with Crippen LogP contribution in [0.4, 0.5) is 0 Å². The van der Waals surface area contributed by atoms with E-state index in [9.17, 15) is 0 Å². The molecule has 0 bridgehead atoms. The van der Waals surface area contributed by atoms with Crippen molar-refractivity contribution in [2.45, 2.75) is 0 Å². The summed E-state index contributed by atoms with van der Waals surface area (Å²) in [5, 5.41) is 7.62. The van der Waals surface area contributed by atoms with E-state index in [0.717, 1.165) is 0 Å². The lowest BCUT2D eigenvalue weighted by atomic mass is 10.1. The summed E-state index contributed by atoms with van der Waals surface area (Å²) in [6.07, 6.45) is 0. The molecule has 0 saturated heterocycles. The minimum absolute atomic E-state index is 1.17. The third-order valence-electron chi connectivity index (χ3n) is 9.42. The van der Waals surface area contributed by atoms with Crippen molar-refractivity contribution < 1.29 is 0 Å². The summed E-state index contributed by atoms with van der Waals surface area (Å²) in [7, 11) is 0. The van der Waals surface area contributed by atoms with E-state index in [4.69, 9.17) is 0 Å². The first-order chi connectivity index (χ1) is 22.4. The highest BCUT2D eigenvalue weighted by Crippen LogP contribution is 2.44. The fourth-order valence-corrected chi connectivity index (χ4v) is 7.67. The van der Waals surface area contributed by atoms with E-state index in [1.54, 1.807) is 0 Å². The number of hydrogen-bond acceptors (Lipinski definition) is 0. The Morgan fingerprint density at radius 2 is 0.622 bits per heavy atom. The van der Waals surface area contributed by atoms with Gasteiger partial charge in [0.2, 0.25) is 0 Å². The largest absolute Gasteiger partial charge is 0.309 e. The van der Waals surface area contributed by atoms with Crippen LogP contribution in [0.15, 0.2) is 164 Å². The number of hydrogen-bond donors (Lipinski definition) is 0. The highest BCUT2D eigenvalue weighted by molar-refractivity contribution is 6.29. The van der Waals surface area contributed by atoms with Gasteiger partial charge in [-0.1, -0.05) is 97.1 Å². The van der Waals surface area contributed by atoms with Gasteiger partial charge in [0.05, 0.1) is 38.8 Å². The van der Waals surface area contributed by atoms with E-state index >= 15 is 0 Å². The molecule has 0 fully saturated rings. The number of fused-ring (bicyclic) bond motifs is 10. The molecule has 10 aromatic rings. The third kappa shape index (κ3) is 3.30. The van der Waals surface area contributed by atoms with Crippen molar-refractivity contribution >= 4 is 65.4 Å². The molecule has 0 aliphatic carbocycles. The molecule has 0 radical (unpaired) electrons. The van der Waals surface area contributed by atoms with Gasteiger partial charge in [-0.2, -0.15) is 0 Å². The molecule has 0 aliphatic heterocycles. The van der Waals surface area contributed by atoms with Gasteiger partial charge < -0.3 is 13.7 Å². The van der Waals surface area contributed by atoms with Crippen LogP contribution in [0.1, 0.15) is 0 Å². The summed E-state index contributed by atoms with van der Waals surface area (Å²) in [6.45, 7) is 0. The van der Waals surface area contributed by atoms with Crippen molar-refractivity contribution in [2.75, 3.05) is 0 Å². The van der Waals surface area contributed by atoms with Crippen molar-refractivity contribution in [1.82, 2.24) is 13.7 Å². The fraction of sp³-hybridized carbons (Fsp3) is 0. The van der Waals surface area contributed by atoms with E-state index < -0.39 is 0 Å². The summed E-state index contributed by atoms with van der Waals surface area (Å²) in [6, 6.07) is 59.3. The Bertz CT molecular complexity index is 2740. The molecule has 3 heteroatoms. The molecule has 0 spiro atoms. The molecule has 7 aromatic carbocycles. The van der Waals surface area contributed by atoms with Crippen molar-refractivity contribution in [3.8, 4) is 17.1 Å². The molecule has 0 amide bonds. The Kier molecular flexibility index (Phi) is 5.00. The molecule has 45 heavy (non-hydrogen) atoms. The minimum Gasteiger partial charge on any atom is -0.309 e. The van der Waals surface area contributed by atoms with Crippen LogP contribution in [0.5, 0.6) is 0 Å². The zero-order valence-corrected chi connectivity index (χ0v) is 24.4. The number of nitrogens with zero attached hydrogens (tertiary/aromatic N) is 3. The van der Waals surface area contributed by atoms with Crippen LogP contribution < -0.4 is 0 Å². The van der Waals surface area contributed by atoms with E-state index in [2.05, 4.69) is 177 Å². The van der Waals surface area contributed by atoms with Crippen molar-refractivity contribution in [3.63, 3.8) is 0 Å². The van der Waals surface area contributed by atoms with Crippen LogP contribution in [-0.2, 0) is 0 Å². The maximum atomic E-state index is 2.49. The SMILES string of the molecule is c1ccc(-n2c3ccccc3c3c(-n4c5ccccc5c5c6c7ccccc7n(-c7ccccc7)c6ccc54)cccc32)cc1. The quantitative estimate of drug-likeness (QED) is 0.200. The number of para-hydroxylation sites is 5. The van der Waals surface area contributed by atoms with Crippen LogP contribution in [0.25, 0.3) is 82.5 Å². The van der Waals surface area contributed by atoms with Gasteiger partial charge in [0.15, 0.2) is 0 Å². The highest BCUT2D eigenvalue weighted by atomic mass is 15.0. The lowest BCUT2D eigenvalue weighted by Crippen LogP contribution is -1.96. The van der Waals surface area contributed by atoms with Crippen LogP contribution in [0.2, 0.25) is 0 Å². The molecule has 0 N–H and O–H groups in total. The zero-order chi connectivity index (χ0) is 29.5. The predicted molar refractivity (Wildman–Crippen MR) is 189 cm³/mol. The van der Waals surface area contributed by atoms with Gasteiger partial charge in [0.25, 0.3) is 0 Å². The van der Waals surface area contributed by atoms with Crippen molar-refractivity contribution in [1.29, 1.82) is 0 Å². The molecule has 3 heterocycles. The third-order valence-corrected chi connectivity index (χ3v) is 9.42. The van der Waals surface area contributed by atoms with Gasteiger partial charge in [-0.3, -0.25) is 0 Å². The normalized spacial score (nSPS) is 12.0. The molecule has 0 unspecified atom stereocenters. The van der Waals surface area contributed by atoms with E-state index in [1.807, 2.05) is 0 Å². The van der Waals surface area contributed by atoms with Crippen LogP contribution >= 0.6 is 0 Å². The van der Waals surface area contributed by atoms with E-state index in [1.165, 1.54) is 82.5 Å². The number of aromatic nitrogens is 3. The lowest BCUT2D eigenvalue weighted by Gasteiger charge is -2.12. The first-order valence-corrected chi connectivity index (χ1v) is 15.5. The predicted octanol–water partition coefficient (Wildman–Crippen LogP) is 11.0. The topological polar surface area (TPSA) is 14.8 Å².